The summed E-state index contributed by atoms with van der Waals surface area (Å²) in [5.74, 6) is -0.176. The van der Waals surface area contributed by atoms with Crippen molar-refractivity contribution < 1.29 is 9.72 Å². The van der Waals surface area contributed by atoms with Crippen LogP contribution in [0.1, 0.15) is 12.5 Å². The van der Waals surface area contributed by atoms with Crippen LogP contribution in [0.5, 0.6) is 0 Å². The van der Waals surface area contributed by atoms with Crippen LogP contribution in [0.2, 0.25) is 5.02 Å². The fraction of sp³-hybridized carbons (Fsp3) is 0.111. The van der Waals surface area contributed by atoms with E-state index in [2.05, 4.69) is 4.99 Å². The van der Waals surface area contributed by atoms with Gasteiger partial charge in [-0.1, -0.05) is 35.9 Å². The molecule has 6 nitrogen and oxygen atoms in total. The molecule has 0 radical (unpaired) electrons. The zero-order chi connectivity index (χ0) is 18.7. The van der Waals surface area contributed by atoms with Crippen LogP contribution in [0.15, 0.2) is 58.4 Å². The van der Waals surface area contributed by atoms with E-state index in [1.165, 1.54) is 23.9 Å². The second-order valence-electron chi connectivity index (χ2n) is 5.36. The number of likely N-dealkylation sites (N-methyl/N-ethyl adjacent to an activating group) is 1. The molecule has 132 valence electrons. The molecule has 2 aromatic carbocycles. The third kappa shape index (κ3) is 3.79. The Hall–Kier alpha value is -2.64. The van der Waals surface area contributed by atoms with Gasteiger partial charge in [0.25, 0.3) is 11.6 Å². The highest BCUT2D eigenvalue weighted by molar-refractivity contribution is 8.18. The van der Waals surface area contributed by atoms with Crippen LogP contribution in [-0.4, -0.2) is 27.4 Å². The third-order valence-electron chi connectivity index (χ3n) is 3.65. The minimum atomic E-state index is -0.547. The van der Waals surface area contributed by atoms with E-state index in [1.807, 2.05) is 37.3 Å². The number of thioether (sulfide) groups is 1. The fourth-order valence-corrected chi connectivity index (χ4v) is 3.64. The van der Waals surface area contributed by atoms with Crippen molar-refractivity contribution in [2.45, 2.75) is 6.92 Å². The first-order valence-electron chi connectivity index (χ1n) is 7.78. The molecule has 1 aliphatic rings. The maximum absolute atomic E-state index is 12.6. The average molecular weight is 388 g/mol. The third-order valence-corrected chi connectivity index (χ3v) is 4.98. The number of hydrogen-bond acceptors (Lipinski definition) is 5. The van der Waals surface area contributed by atoms with Gasteiger partial charge in [0, 0.05) is 12.6 Å². The first kappa shape index (κ1) is 18.2. The van der Waals surface area contributed by atoms with Gasteiger partial charge in [0.2, 0.25) is 0 Å². The van der Waals surface area contributed by atoms with Crippen molar-refractivity contribution in [3.63, 3.8) is 0 Å². The van der Waals surface area contributed by atoms with E-state index >= 15 is 0 Å². The Morgan fingerprint density at radius 1 is 1.27 bits per heavy atom. The van der Waals surface area contributed by atoms with Crippen molar-refractivity contribution in [3.8, 4) is 0 Å². The molecule has 8 heteroatoms. The number of para-hydroxylation sites is 1. The number of carbonyl (C=O) groups is 1. The van der Waals surface area contributed by atoms with Crippen molar-refractivity contribution in [3.05, 3.63) is 74.1 Å². The summed E-state index contributed by atoms with van der Waals surface area (Å²) in [6, 6.07) is 13.8. The first-order valence-corrected chi connectivity index (χ1v) is 8.98. The molecule has 2 aromatic rings. The molecule has 3 rings (SSSR count). The molecule has 0 spiro atoms. The smallest absolute Gasteiger partial charge is 0.287 e. The van der Waals surface area contributed by atoms with Crippen molar-refractivity contribution in [2.75, 3.05) is 6.54 Å². The van der Waals surface area contributed by atoms with Crippen LogP contribution in [-0.2, 0) is 4.79 Å². The lowest BCUT2D eigenvalue weighted by Crippen LogP contribution is -2.28. The van der Waals surface area contributed by atoms with Crippen molar-refractivity contribution >= 4 is 51.9 Å². The molecule has 1 heterocycles. The Labute approximate surface area is 159 Å². The predicted molar refractivity (Wildman–Crippen MR) is 105 cm³/mol. The van der Waals surface area contributed by atoms with E-state index in [1.54, 1.807) is 17.0 Å². The number of rotatable bonds is 4. The minimum absolute atomic E-state index is 0.0593. The summed E-state index contributed by atoms with van der Waals surface area (Å²) in [4.78, 5) is 29.7. The highest BCUT2D eigenvalue weighted by atomic mass is 35.5. The molecule has 0 bridgehead atoms. The van der Waals surface area contributed by atoms with E-state index in [4.69, 9.17) is 11.6 Å². The molecule has 1 fully saturated rings. The van der Waals surface area contributed by atoms with Gasteiger partial charge < -0.3 is 0 Å². The number of halogens is 1. The lowest BCUT2D eigenvalue weighted by Gasteiger charge is -2.11. The summed E-state index contributed by atoms with van der Waals surface area (Å²) in [5, 5.41) is 11.7. The van der Waals surface area contributed by atoms with E-state index in [0.29, 0.717) is 22.2 Å². The van der Waals surface area contributed by atoms with Gasteiger partial charge in [-0.25, -0.2) is 4.99 Å². The second-order valence-corrected chi connectivity index (χ2v) is 6.77. The Balaban J connectivity index is 1.95. The topological polar surface area (TPSA) is 75.8 Å². The molecule has 0 aromatic heterocycles. The molecule has 0 N–H and O–H groups in total. The van der Waals surface area contributed by atoms with E-state index in [0.717, 1.165) is 5.69 Å². The second kappa shape index (κ2) is 7.72. The van der Waals surface area contributed by atoms with Crippen LogP contribution >= 0.6 is 23.4 Å². The largest absolute Gasteiger partial charge is 0.288 e. The van der Waals surface area contributed by atoms with Crippen molar-refractivity contribution in [2.24, 2.45) is 4.99 Å². The maximum Gasteiger partial charge on any atom is 0.288 e. The molecule has 0 aliphatic carbocycles. The SMILES string of the molecule is CCN1C(=O)/C(=C\c2ccc(Cl)c([N+](=O)[O-])c2)SC1=Nc1ccccc1. The Bertz CT molecular complexity index is 929. The average Bonchev–Trinajstić information content (AvgIpc) is 2.91. The molecule has 0 saturated carbocycles. The number of benzene rings is 2. The summed E-state index contributed by atoms with van der Waals surface area (Å²) in [7, 11) is 0. The van der Waals surface area contributed by atoms with Gasteiger partial charge in [0.1, 0.15) is 5.02 Å². The van der Waals surface area contributed by atoms with Crippen LogP contribution in [0.3, 0.4) is 0 Å². The number of nitro benzene ring substituents is 1. The molecular weight excluding hydrogens is 374 g/mol. The lowest BCUT2D eigenvalue weighted by molar-refractivity contribution is -0.384. The van der Waals surface area contributed by atoms with Gasteiger partial charge in [-0.15, -0.1) is 0 Å². The van der Waals surface area contributed by atoms with E-state index in [-0.39, 0.29) is 16.6 Å². The van der Waals surface area contributed by atoms with E-state index in [9.17, 15) is 14.9 Å². The summed E-state index contributed by atoms with van der Waals surface area (Å²) >= 11 is 7.08. The molecule has 26 heavy (non-hydrogen) atoms. The van der Waals surface area contributed by atoms with Gasteiger partial charge in [0.15, 0.2) is 5.17 Å². The Morgan fingerprint density at radius 3 is 2.65 bits per heavy atom. The van der Waals surface area contributed by atoms with Gasteiger partial charge in [0.05, 0.1) is 15.5 Å². The summed E-state index contributed by atoms with van der Waals surface area (Å²) in [5.41, 5.74) is 1.10. The Morgan fingerprint density at radius 2 is 2.00 bits per heavy atom. The van der Waals surface area contributed by atoms with Gasteiger partial charge in [-0.05, 0) is 48.5 Å². The highest BCUT2D eigenvalue weighted by Crippen LogP contribution is 2.35. The molecular formula is C18H14ClN3O3S. The van der Waals surface area contributed by atoms with Crippen LogP contribution in [0.4, 0.5) is 11.4 Å². The van der Waals surface area contributed by atoms with E-state index < -0.39 is 4.92 Å². The molecule has 0 atom stereocenters. The number of amides is 1. The van der Waals surface area contributed by atoms with Gasteiger partial charge >= 0.3 is 0 Å². The number of aliphatic imine (C=N–C) groups is 1. The summed E-state index contributed by atoms with van der Waals surface area (Å²) in [6.45, 7) is 2.35. The monoisotopic (exact) mass is 387 g/mol. The standard InChI is InChI=1S/C18H14ClN3O3S/c1-2-21-17(23)16(26-18(21)20-13-6-4-3-5-7-13)11-12-8-9-14(19)15(10-12)22(24)25/h3-11H,2H2,1H3/b16-11+,20-18?. The van der Waals surface area contributed by atoms with Crippen LogP contribution in [0.25, 0.3) is 6.08 Å². The zero-order valence-corrected chi connectivity index (χ0v) is 15.3. The number of carbonyl (C=O) groups excluding carboxylic acids is 1. The normalized spacial score (nSPS) is 17.3. The number of nitrogens with zero attached hydrogens (tertiary/aromatic N) is 3. The first-order chi connectivity index (χ1) is 12.5. The van der Waals surface area contributed by atoms with Gasteiger partial charge in [-0.2, -0.15) is 0 Å². The lowest BCUT2D eigenvalue weighted by atomic mass is 10.2. The molecule has 1 saturated heterocycles. The zero-order valence-electron chi connectivity index (χ0n) is 13.8. The number of nitro groups is 1. The minimum Gasteiger partial charge on any atom is -0.287 e. The summed E-state index contributed by atoms with van der Waals surface area (Å²) < 4.78 is 0. The number of hydrogen-bond donors (Lipinski definition) is 0. The Kier molecular flexibility index (Phi) is 5.39. The highest BCUT2D eigenvalue weighted by Gasteiger charge is 2.32. The number of amidine groups is 1. The maximum atomic E-state index is 12.6. The molecule has 0 unspecified atom stereocenters. The summed E-state index contributed by atoms with van der Waals surface area (Å²) in [6.07, 6.45) is 1.62. The quantitative estimate of drug-likeness (QED) is 0.426. The van der Waals surface area contributed by atoms with Crippen LogP contribution < -0.4 is 0 Å². The van der Waals surface area contributed by atoms with Crippen molar-refractivity contribution in [1.29, 1.82) is 0 Å². The molecule has 1 amide bonds. The molecule has 1 aliphatic heterocycles. The van der Waals surface area contributed by atoms with Crippen LogP contribution in [0, 0.1) is 10.1 Å². The predicted octanol–water partition coefficient (Wildman–Crippen LogP) is 4.87. The fourth-order valence-electron chi connectivity index (χ4n) is 2.39. The van der Waals surface area contributed by atoms with Crippen molar-refractivity contribution in [1.82, 2.24) is 4.90 Å². The van der Waals surface area contributed by atoms with Gasteiger partial charge in [-0.3, -0.25) is 19.8 Å².